The zero-order valence-electron chi connectivity index (χ0n) is 23.4. The SMILES string of the molecule is CCCCCCCCCCc1cnc(-c2ccc(-c3ccc(OCCCCCCCC)cc3)cc2)nc1. The van der Waals surface area contributed by atoms with E-state index in [-0.39, 0.29) is 0 Å². The molecule has 1 aromatic heterocycles. The first kappa shape index (κ1) is 28.9. The van der Waals surface area contributed by atoms with Crippen molar-refractivity contribution in [1.82, 2.24) is 9.97 Å². The van der Waals surface area contributed by atoms with Gasteiger partial charge in [0.05, 0.1) is 6.61 Å². The van der Waals surface area contributed by atoms with E-state index in [0.717, 1.165) is 36.6 Å². The van der Waals surface area contributed by atoms with Crippen LogP contribution in [0.4, 0.5) is 0 Å². The van der Waals surface area contributed by atoms with Gasteiger partial charge in [0.15, 0.2) is 5.82 Å². The number of ether oxygens (including phenoxy) is 1. The lowest BCUT2D eigenvalue weighted by Crippen LogP contribution is -1.97. The van der Waals surface area contributed by atoms with Crippen LogP contribution in [0.5, 0.6) is 5.75 Å². The Morgan fingerprint density at radius 1 is 0.514 bits per heavy atom. The zero-order chi connectivity index (χ0) is 26.0. The van der Waals surface area contributed by atoms with Crippen LogP contribution >= 0.6 is 0 Å². The van der Waals surface area contributed by atoms with E-state index in [0.29, 0.717) is 0 Å². The van der Waals surface area contributed by atoms with E-state index >= 15 is 0 Å². The van der Waals surface area contributed by atoms with Crippen LogP contribution in [0.2, 0.25) is 0 Å². The molecule has 0 aliphatic heterocycles. The highest BCUT2D eigenvalue weighted by Gasteiger charge is 2.04. The lowest BCUT2D eigenvalue weighted by molar-refractivity contribution is 0.304. The number of hydrogen-bond donors (Lipinski definition) is 0. The smallest absolute Gasteiger partial charge is 0.159 e. The van der Waals surface area contributed by atoms with E-state index in [1.807, 2.05) is 12.4 Å². The highest BCUT2D eigenvalue weighted by Crippen LogP contribution is 2.25. The maximum absolute atomic E-state index is 5.93. The van der Waals surface area contributed by atoms with E-state index in [4.69, 9.17) is 4.74 Å². The van der Waals surface area contributed by atoms with Gasteiger partial charge >= 0.3 is 0 Å². The molecule has 0 bridgehead atoms. The molecule has 0 unspecified atom stereocenters. The number of unbranched alkanes of at least 4 members (excludes halogenated alkanes) is 12. The predicted molar refractivity (Wildman–Crippen MR) is 158 cm³/mol. The second kappa shape index (κ2) is 17.7. The molecule has 0 atom stereocenters. The average molecular weight is 501 g/mol. The summed E-state index contributed by atoms with van der Waals surface area (Å²) in [6.07, 6.45) is 23.5. The fourth-order valence-corrected chi connectivity index (χ4v) is 4.72. The van der Waals surface area contributed by atoms with Crippen molar-refractivity contribution in [3.8, 4) is 28.3 Å². The first-order valence-corrected chi connectivity index (χ1v) is 14.9. The third-order valence-corrected chi connectivity index (χ3v) is 7.12. The van der Waals surface area contributed by atoms with E-state index < -0.39 is 0 Å². The molecule has 1 heterocycles. The maximum atomic E-state index is 5.93. The molecule has 2 aromatic carbocycles. The van der Waals surface area contributed by atoms with Crippen molar-refractivity contribution in [2.75, 3.05) is 6.61 Å². The van der Waals surface area contributed by atoms with Crippen LogP contribution in [0, 0.1) is 0 Å². The number of aromatic nitrogens is 2. The Kier molecular flexibility index (Phi) is 13.8. The van der Waals surface area contributed by atoms with E-state index in [2.05, 4.69) is 72.3 Å². The molecular weight excluding hydrogens is 452 g/mol. The number of aryl methyl sites for hydroxylation is 1. The molecule has 3 heteroatoms. The Balaban J connectivity index is 1.39. The molecule has 0 amide bonds. The summed E-state index contributed by atoms with van der Waals surface area (Å²) < 4.78 is 5.93. The fourth-order valence-electron chi connectivity index (χ4n) is 4.72. The van der Waals surface area contributed by atoms with E-state index in [9.17, 15) is 0 Å². The van der Waals surface area contributed by atoms with E-state index in [1.54, 1.807) is 0 Å². The second-order valence-electron chi connectivity index (χ2n) is 10.4. The van der Waals surface area contributed by atoms with Gasteiger partial charge in [-0.05, 0) is 48.1 Å². The Morgan fingerprint density at radius 2 is 0.973 bits per heavy atom. The van der Waals surface area contributed by atoms with Crippen LogP contribution < -0.4 is 4.74 Å². The molecule has 3 rings (SSSR count). The first-order valence-electron chi connectivity index (χ1n) is 14.9. The normalized spacial score (nSPS) is 11.1. The number of rotatable bonds is 19. The van der Waals surface area contributed by atoms with Gasteiger partial charge in [0.2, 0.25) is 0 Å². The third-order valence-electron chi connectivity index (χ3n) is 7.12. The molecule has 37 heavy (non-hydrogen) atoms. The van der Waals surface area contributed by atoms with Crippen LogP contribution in [-0.2, 0) is 6.42 Å². The summed E-state index contributed by atoms with van der Waals surface area (Å²) in [6, 6.07) is 17.0. The monoisotopic (exact) mass is 500 g/mol. The van der Waals surface area contributed by atoms with Gasteiger partial charge in [-0.15, -0.1) is 0 Å². The van der Waals surface area contributed by atoms with Gasteiger partial charge in [-0.1, -0.05) is 127 Å². The Labute approximate surface area is 226 Å². The molecule has 0 fully saturated rings. The van der Waals surface area contributed by atoms with Gasteiger partial charge < -0.3 is 4.74 Å². The highest BCUT2D eigenvalue weighted by atomic mass is 16.5. The number of hydrogen-bond acceptors (Lipinski definition) is 3. The summed E-state index contributed by atoms with van der Waals surface area (Å²) in [5.74, 6) is 1.75. The molecule has 0 N–H and O–H groups in total. The van der Waals surface area contributed by atoms with Crippen molar-refractivity contribution < 1.29 is 4.74 Å². The van der Waals surface area contributed by atoms with Crippen molar-refractivity contribution in [2.24, 2.45) is 0 Å². The fraction of sp³-hybridized carbons (Fsp3) is 0.529. The largest absolute Gasteiger partial charge is 0.494 e. The van der Waals surface area contributed by atoms with E-state index in [1.165, 1.54) is 100 Å². The minimum atomic E-state index is 0.796. The summed E-state index contributed by atoms with van der Waals surface area (Å²) in [5, 5.41) is 0. The molecule has 0 aliphatic rings. The maximum Gasteiger partial charge on any atom is 0.159 e. The van der Waals surface area contributed by atoms with Crippen molar-refractivity contribution >= 4 is 0 Å². The molecule has 200 valence electrons. The molecule has 0 aliphatic carbocycles. The number of benzene rings is 2. The van der Waals surface area contributed by atoms with Crippen LogP contribution in [0.25, 0.3) is 22.5 Å². The molecule has 0 spiro atoms. The first-order chi connectivity index (χ1) is 18.3. The van der Waals surface area contributed by atoms with Crippen molar-refractivity contribution in [3.63, 3.8) is 0 Å². The lowest BCUT2D eigenvalue weighted by Gasteiger charge is -2.08. The Bertz CT molecular complexity index is 964. The summed E-state index contributed by atoms with van der Waals surface area (Å²) in [6.45, 7) is 5.33. The molecular formula is C34H48N2O. The molecule has 3 aromatic rings. The average Bonchev–Trinajstić information content (AvgIpc) is 2.95. The summed E-state index contributed by atoms with van der Waals surface area (Å²) >= 11 is 0. The Morgan fingerprint density at radius 3 is 1.54 bits per heavy atom. The van der Waals surface area contributed by atoms with Gasteiger partial charge in [0.1, 0.15) is 5.75 Å². The van der Waals surface area contributed by atoms with Crippen LogP contribution in [0.3, 0.4) is 0 Å². The molecule has 0 radical (unpaired) electrons. The van der Waals surface area contributed by atoms with Crippen LogP contribution in [0.15, 0.2) is 60.9 Å². The number of nitrogens with zero attached hydrogens (tertiary/aromatic N) is 2. The van der Waals surface area contributed by atoms with Gasteiger partial charge in [0, 0.05) is 18.0 Å². The predicted octanol–water partition coefficient (Wildman–Crippen LogP) is 10.2. The topological polar surface area (TPSA) is 35.0 Å². The lowest BCUT2D eigenvalue weighted by atomic mass is 10.0. The van der Waals surface area contributed by atoms with Crippen molar-refractivity contribution in [3.05, 3.63) is 66.5 Å². The van der Waals surface area contributed by atoms with Crippen molar-refractivity contribution in [1.29, 1.82) is 0 Å². The van der Waals surface area contributed by atoms with Gasteiger partial charge in [-0.2, -0.15) is 0 Å². The minimum absolute atomic E-state index is 0.796. The van der Waals surface area contributed by atoms with Crippen molar-refractivity contribution in [2.45, 2.75) is 110 Å². The quantitative estimate of drug-likeness (QED) is 0.154. The molecule has 0 saturated carbocycles. The standard InChI is InChI=1S/C34H48N2O/c1-3-5-7-9-11-12-13-15-17-29-27-35-34(36-28-29)32-20-18-30(19-21-32)31-22-24-33(25-23-31)37-26-16-14-10-8-6-4-2/h18-25,27-28H,3-17,26H2,1-2H3. The third kappa shape index (κ3) is 11.1. The van der Waals surface area contributed by atoms with Gasteiger partial charge in [-0.3, -0.25) is 0 Å². The second-order valence-corrected chi connectivity index (χ2v) is 10.4. The summed E-state index contributed by atoms with van der Waals surface area (Å²) in [5.41, 5.74) is 4.68. The zero-order valence-corrected chi connectivity index (χ0v) is 23.4. The minimum Gasteiger partial charge on any atom is -0.494 e. The van der Waals surface area contributed by atoms with Gasteiger partial charge in [-0.25, -0.2) is 9.97 Å². The molecule has 0 saturated heterocycles. The summed E-state index contributed by atoms with van der Waals surface area (Å²) in [7, 11) is 0. The highest BCUT2D eigenvalue weighted by molar-refractivity contribution is 5.68. The van der Waals surface area contributed by atoms with Gasteiger partial charge in [0.25, 0.3) is 0 Å². The van der Waals surface area contributed by atoms with Crippen LogP contribution in [0.1, 0.15) is 109 Å². The summed E-state index contributed by atoms with van der Waals surface area (Å²) in [4.78, 5) is 9.28. The Hall–Kier alpha value is -2.68. The van der Waals surface area contributed by atoms with Crippen LogP contribution in [-0.4, -0.2) is 16.6 Å². The molecule has 3 nitrogen and oxygen atoms in total.